The van der Waals surface area contributed by atoms with E-state index in [0.717, 1.165) is 5.69 Å². The Morgan fingerprint density at radius 3 is 2.68 bits per heavy atom. The number of halogens is 1. The normalized spacial score (nSPS) is 19.0. The summed E-state index contributed by atoms with van der Waals surface area (Å²) < 4.78 is 10.7. The van der Waals surface area contributed by atoms with E-state index < -0.39 is 5.66 Å². The molecule has 1 fully saturated rings. The first-order chi connectivity index (χ1) is 13.5. The number of likely N-dealkylation sites (tertiary alicyclic amines) is 1. The molecule has 3 aliphatic rings. The molecule has 2 aromatic carbocycles. The smallest absolute Gasteiger partial charge is 0.256 e. The van der Waals surface area contributed by atoms with Crippen LogP contribution in [0, 0.1) is 0 Å². The largest absolute Gasteiger partial charge is 0.454 e. The second kappa shape index (κ2) is 6.31. The van der Waals surface area contributed by atoms with E-state index in [0.29, 0.717) is 53.6 Å². The quantitative estimate of drug-likeness (QED) is 0.770. The van der Waals surface area contributed by atoms with Gasteiger partial charge in [-0.1, -0.05) is 17.7 Å². The van der Waals surface area contributed by atoms with Crippen LogP contribution in [-0.4, -0.2) is 42.3 Å². The zero-order chi connectivity index (χ0) is 19.3. The maximum absolute atomic E-state index is 12.9. The maximum Gasteiger partial charge on any atom is 0.256 e. The van der Waals surface area contributed by atoms with Crippen molar-refractivity contribution in [3.05, 3.63) is 52.5 Å². The van der Waals surface area contributed by atoms with Crippen LogP contribution >= 0.6 is 11.6 Å². The first-order valence-corrected chi connectivity index (χ1v) is 9.51. The lowest BCUT2D eigenvalue weighted by Gasteiger charge is -2.46. The van der Waals surface area contributed by atoms with E-state index in [4.69, 9.17) is 21.1 Å². The number of rotatable bonds is 1. The highest BCUT2D eigenvalue weighted by molar-refractivity contribution is 6.34. The number of carbonyl (C=O) groups excluding carboxylic acids is 2. The summed E-state index contributed by atoms with van der Waals surface area (Å²) in [6.07, 6.45) is 1.20. The Bertz CT molecular complexity index is 985. The summed E-state index contributed by atoms with van der Waals surface area (Å²) in [5, 5.41) is 6.90. The van der Waals surface area contributed by atoms with Gasteiger partial charge in [-0.25, -0.2) is 0 Å². The Labute approximate surface area is 166 Å². The Hall–Kier alpha value is -2.93. The van der Waals surface area contributed by atoms with Crippen LogP contribution < -0.4 is 20.1 Å². The van der Waals surface area contributed by atoms with Gasteiger partial charge in [-0.05, 0) is 30.3 Å². The van der Waals surface area contributed by atoms with Gasteiger partial charge in [0.2, 0.25) is 6.79 Å². The number of anilines is 1. The summed E-state index contributed by atoms with van der Waals surface area (Å²) in [7, 11) is 0. The predicted octanol–water partition coefficient (Wildman–Crippen LogP) is 2.86. The number of nitrogens with one attached hydrogen (secondary N) is 2. The molecule has 2 N–H and O–H groups in total. The fraction of sp³-hybridized carbons (Fsp3) is 0.300. The average Bonchev–Trinajstić information content (AvgIpc) is 3.15. The average molecular weight is 400 g/mol. The number of amides is 2. The van der Waals surface area contributed by atoms with Crippen LogP contribution in [0.5, 0.6) is 11.5 Å². The molecule has 2 aromatic rings. The van der Waals surface area contributed by atoms with Crippen LogP contribution in [0.3, 0.4) is 0 Å². The third-order valence-corrected chi connectivity index (χ3v) is 5.81. The van der Waals surface area contributed by atoms with Crippen LogP contribution in [-0.2, 0) is 0 Å². The van der Waals surface area contributed by atoms with Gasteiger partial charge in [-0.3, -0.25) is 9.59 Å². The third-order valence-electron chi connectivity index (χ3n) is 5.49. The summed E-state index contributed by atoms with van der Waals surface area (Å²) in [6, 6.07) is 10.6. The number of carbonyl (C=O) groups is 2. The van der Waals surface area contributed by atoms with Gasteiger partial charge in [-0.15, -0.1) is 0 Å². The zero-order valence-electron chi connectivity index (χ0n) is 15.0. The zero-order valence-corrected chi connectivity index (χ0v) is 15.7. The van der Waals surface area contributed by atoms with Gasteiger partial charge in [0.15, 0.2) is 11.5 Å². The van der Waals surface area contributed by atoms with Crippen LogP contribution in [0.4, 0.5) is 5.69 Å². The van der Waals surface area contributed by atoms with E-state index in [-0.39, 0.29) is 18.6 Å². The molecule has 1 saturated heterocycles. The molecule has 144 valence electrons. The summed E-state index contributed by atoms with van der Waals surface area (Å²) >= 11 is 6.16. The van der Waals surface area contributed by atoms with Crippen molar-refractivity contribution in [3.63, 3.8) is 0 Å². The fourth-order valence-electron chi connectivity index (χ4n) is 3.98. The van der Waals surface area contributed by atoms with E-state index in [1.54, 1.807) is 29.2 Å². The van der Waals surface area contributed by atoms with Crippen LogP contribution in [0.15, 0.2) is 36.4 Å². The first-order valence-electron chi connectivity index (χ1n) is 9.13. The van der Waals surface area contributed by atoms with Crippen LogP contribution in [0.25, 0.3) is 0 Å². The molecule has 8 heteroatoms. The highest BCUT2D eigenvalue weighted by atomic mass is 35.5. The minimum atomic E-state index is -0.569. The van der Waals surface area contributed by atoms with Gasteiger partial charge < -0.3 is 25.0 Å². The van der Waals surface area contributed by atoms with E-state index in [1.807, 2.05) is 12.1 Å². The SMILES string of the molecule is O=C1NC2(CCN(C(=O)c3ccc4c(c3)OCO4)CC2)Nc2cccc(Cl)c21. The highest BCUT2D eigenvalue weighted by Crippen LogP contribution is 2.36. The lowest BCUT2D eigenvalue weighted by atomic mass is 9.92. The molecule has 0 atom stereocenters. The monoisotopic (exact) mass is 399 g/mol. The highest BCUT2D eigenvalue weighted by Gasteiger charge is 2.41. The summed E-state index contributed by atoms with van der Waals surface area (Å²) in [6.45, 7) is 1.23. The van der Waals surface area contributed by atoms with E-state index in [9.17, 15) is 9.59 Å². The molecule has 2 amide bonds. The number of nitrogens with zero attached hydrogens (tertiary/aromatic N) is 1. The number of fused-ring (bicyclic) bond motifs is 2. The number of benzene rings is 2. The predicted molar refractivity (Wildman–Crippen MR) is 103 cm³/mol. The number of hydrogen-bond acceptors (Lipinski definition) is 5. The Kier molecular flexibility index (Phi) is 3.87. The van der Waals surface area contributed by atoms with Crippen molar-refractivity contribution < 1.29 is 19.1 Å². The third kappa shape index (κ3) is 2.74. The second-order valence-corrected chi connectivity index (χ2v) is 7.59. The lowest BCUT2D eigenvalue weighted by molar-refractivity contribution is 0.0639. The number of hydrogen-bond donors (Lipinski definition) is 2. The molecule has 0 aromatic heterocycles. The van der Waals surface area contributed by atoms with Gasteiger partial charge >= 0.3 is 0 Å². The molecule has 5 rings (SSSR count). The standard InChI is InChI=1S/C20H18ClN3O4/c21-13-2-1-3-14-17(13)18(25)23-20(22-14)6-8-24(9-7-20)19(26)12-4-5-15-16(10-12)28-11-27-15/h1-5,10,22H,6-9,11H2,(H,23,25). The molecule has 3 heterocycles. The molecule has 0 radical (unpaired) electrons. The molecule has 1 spiro atoms. The van der Waals surface area contributed by atoms with Crippen LogP contribution in [0.2, 0.25) is 5.02 Å². The molecule has 0 saturated carbocycles. The van der Waals surface area contributed by atoms with Gasteiger partial charge in [0, 0.05) is 31.5 Å². The molecule has 0 bridgehead atoms. The van der Waals surface area contributed by atoms with E-state index >= 15 is 0 Å². The first kappa shape index (κ1) is 17.2. The van der Waals surface area contributed by atoms with Gasteiger partial charge in [-0.2, -0.15) is 0 Å². The van der Waals surface area contributed by atoms with E-state index in [1.165, 1.54) is 0 Å². The maximum atomic E-state index is 12.9. The number of ether oxygens (including phenoxy) is 2. The minimum Gasteiger partial charge on any atom is -0.454 e. The molecule has 0 unspecified atom stereocenters. The Balaban J connectivity index is 1.31. The molecule has 28 heavy (non-hydrogen) atoms. The van der Waals surface area contributed by atoms with Gasteiger partial charge in [0.05, 0.1) is 16.3 Å². The summed E-state index contributed by atoms with van der Waals surface area (Å²) in [5.41, 5.74) is 1.19. The van der Waals surface area contributed by atoms with Gasteiger partial charge in [0.1, 0.15) is 5.66 Å². The fourth-order valence-corrected chi connectivity index (χ4v) is 4.24. The number of piperidine rings is 1. The van der Waals surface area contributed by atoms with Crippen molar-refractivity contribution >= 4 is 29.1 Å². The molecular formula is C20H18ClN3O4. The summed E-state index contributed by atoms with van der Waals surface area (Å²) in [5.74, 6) is 1.00. The van der Waals surface area contributed by atoms with Crippen molar-refractivity contribution in [2.45, 2.75) is 18.5 Å². The lowest BCUT2D eigenvalue weighted by Crippen LogP contribution is -2.62. The van der Waals surface area contributed by atoms with Crippen molar-refractivity contribution in [2.24, 2.45) is 0 Å². The minimum absolute atomic E-state index is 0.0567. The van der Waals surface area contributed by atoms with Crippen molar-refractivity contribution in [1.29, 1.82) is 0 Å². The summed E-state index contributed by atoms with van der Waals surface area (Å²) in [4.78, 5) is 27.3. The van der Waals surface area contributed by atoms with E-state index in [2.05, 4.69) is 10.6 Å². The van der Waals surface area contributed by atoms with Crippen LogP contribution in [0.1, 0.15) is 33.6 Å². The van der Waals surface area contributed by atoms with Gasteiger partial charge in [0.25, 0.3) is 11.8 Å². The molecule has 0 aliphatic carbocycles. The molecular weight excluding hydrogens is 382 g/mol. The van der Waals surface area contributed by atoms with Crippen molar-refractivity contribution in [1.82, 2.24) is 10.2 Å². The Morgan fingerprint density at radius 2 is 1.86 bits per heavy atom. The molecule has 3 aliphatic heterocycles. The topological polar surface area (TPSA) is 79.9 Å². The van der Waals surface area contributed by atoms with Crippen molar-refractivity contribution in [3.8, 4) is 11.5 Å². The van der Waals surface area contributed by atoms with Crippen molar-refractivity contribution in [2.75, 3.05) is 25.2 Å². The Morgan fingerprint density at radius 1 is 1.07 bits per heavy atom. The second-order valence-electron chi connectivity index (χ2n) is 7.18. The molecule has 7 nitrogen and oxygen atoms in total.